The number of benzene rings is 1. The van der Waals surface area contributed by atoms with Gasteiger partial charge in [0.15, 0.2) is 5.16 Å². The van der Waals surface area contributed by atoms with E-state index in [1.165, 1.54) is 10.5 Å². The highest BCUT2D eigenvalue weighted by Crippen LogP contribution is 2.33. The van der Waals surface area contributed by atoms with Crippen molar-refractivity contribution in [3.05, 3.63) is 40.6 Å². The van der Waals surface area contributed by atoms with Gasteiger partial charge in [-0.3, -0.25) is 0 Å². The van der Waals surface area contributed by atoms with Gasteiger partial charge in [0.1, 0.15) is 0 Å². The van der Waals surface area contributed by atoms with Gasteiger partial charge in [-0.2, -0.15) is 0 Å². The van der Waals surface area contributed by atoms with Crippen LogP contribution in [-0.4, -0.2) is 17.0 Å². The zero-order valence-electron chi connectivity index (χ0n) is 9.70. The number of nitrogens with zero attached hydrogens (tertiary/aromatic N) is 1. The summed E-state index contributed by atoms with van der Waals surface area (Å²) < 4.78 is 1.08. The highest BCUT2D eigenvalue weighted by molar-refractivity contribution is 9.10. The average Bonchev–Trinajstić information content (AvgIpc) is 2.81. The topological polar surface area (TPSA) is 40.7 Å². The van der Waals surface area contributed by atoms with Crippen molar-refractivity contribution in [2.45, 2.75) is 23.0 Å². The number of rotatable bonds is 4. The largest absolute Gasteiger partial charge is 0.339 e. The van der Waals surface area contributed by atoms with Gasteiger partial charge < -0.3 is 10.3 Å². The first-order chi connectivity index (χ1) is 8.20. The Kier molecular flexibility index (Phi) is 4.25. The molecule has 0 bridgehead atoms. The molecule has 0 amide bonds. The van der Waals surface area contributed by atoms with E-state index in [1.54, 1.807) is 18.0 Å². The van der Waals surface area contributed by atoms with Crippen LogP contribution in [0, 0.1) is 0 Å². The number of nitrogens with one attached hydrogen (secondary N) is 2. The minimum absolute atomic E-state index is 0.320. The molecule has 1 aromatic carbocycles. The molecule has 1 aromatic heterocycles. The molecule has 0 spiro atoms. The molecule has 0 aliphatic carbocycles. The molecule has 0 aliphatic heterocycles. The van der Waals surface area contributed by atoms with Gasteiger partial charge >= 0.3 is 0 Å². The average molecular weight is 312 g/mol. The normalized spacial score (nSPS) is 12.6. The Bertz CT molecular complexity index is 485. The van der Waals surface area contributed by atoms with Crippen LogP contribution in [0.3, 0.4) is 0 Å². The fraction of sp³-hybridized carbons (Fsp3) is 0.250. The Labute approximate surface area is 114 Å². The van der Waals surface area contributed by atoms with Crippen molar-refractivity contribution >= 4 is 27.7 Å². The summed E-state index contributed by atoms with van der Waals surface area (Å²) in [6, 6.07) is 6.64. The van der Waals surface area contributed by atoms with Crippen molar-refractivity contribution in [1.82, 2.24) is 15.3 Å². The minimum Gasteiger partial charge on any atom is -0.339 e. The van der Waals surface area contributed by atoms with Crippen LogP contribution in [-0.2, 0) is 0 Å². The van der Waals surface area contributed by atoms with E-state index < -0.39 is 0 Å². The second-order valence-electron chi connectivity index (χ2n) is 3.69. The number of aromatic nitrogens is 2. The predicted octanol–water partition coefficient (Wildman–Crippen LogP) is 3.60. The summed E-state index contributed by atoms with van der Waals surface area (Å²) in [5.41, 5.74) is 1.28. The summed E-state index contributed by atoms with van der Waals surface area (Å²) in [5.74, 6) is 0. The zero-order chi connectivity index (χ0) is 12.3. The van der Waals surface area contributed by atoms with Gasteiger partial charge in [-0.15, -0.1) is 0 Å². The predicted molar refractivity (Wildman–Crippen MR) is 74.3 cm³/mol. The molecule has 3 nitrogen and oxygen atoms in total. The lowest BCUT2D eigenvalue weighted by Crippen LogP contribution is -2.13. The number of H-pyrrole nitrogens is 1. The van der Waals surface area contributed by atoms with Gasteiger partial charge in [-0.25, -0.2) is 4.98 Å². The molecule has 2 rings (SSSR count). The first-order valence-electron chi connectivity index (χ1n) is 5.34. The van der Waals surface area contributed by atoms with E-state index in [9.17, 15) is 0 Å². The third kappa shape index (κ3) is 3.12. The Morgan fingerprint density at radius 2 is 2.29 bits per heavy atom. The summed E-state index contributed by atoms with van der Waals surface area (Å²) in [6.07, 6.45) is 3.60. The van der Waals surface area contributed by atoms with Gasteiger partial charge in [-0.1, -0.05) is 33.8 Å². The third-order valence-electron chi connectivity index (χ3n) is 2.55. The van der Waals surface area contributed by atoms with Crippen LogP contribution >= 0.6 is 27.7 Å². The van der Waals surface area contributed by atoms with Crippen LogP contribution in [0.15, 0.2) is 45.1 Å². The van der Waals surface area contributed by atoms with Crippen molar-refractivity contribution in [3.8, 4) is 0 Å². The molecule has 0 saturated carbocycles. The molecule has 17 heavy (non-hydrogen) atoms. The molecule has 0 radical (unpaired) electrons. The summed E-state index contributed by atoms with van der Waals surface area (Å²) in [6.45, 7) is 2.15. The van der Waals surface area contributed by atoms with Crippen LogP contribution in [0.4, 0.5) is 0 Å². The SMILES string of the molecule is CNC(C)c1ccc(Br)cc1Sc1ncc[nH]1. The fourth-order valence-corrected chi connectivity index (χ4v) is 3.03. The van der Waals surface area contributed by atoms with E-state index in [4.69, 9.17) is 0 Å². The number of hydrogen-bond donors (Lipinski definition) is 2. The van der Waals surface area contributed by atoms with Crippen LogP contribution < -0.4 is 5.32 Å². The maximum atomic E-state index is 4.24. The van der Waals surface area contributed by atoms with Crippen LogP contribution in [0.25, 0.3) is 0 Å². The molecular weight excluding hydrogens is 298 g/mol. The monoisotopic (exact) mass is 311 g/mol. The van der Waals surface area contributed by atoms with Crippen molar-refractivity contribution in [2.24, 2.45) is 0 Å². The molecule has 1 atom stereocenters. The van der Waals surface area contributed by atoms with E-state index in [-0.39, 0.29) is 0 Å². The standard InChI is InChI=1S/C12H14BrN3S/c1-8(14-2)10-4-3-9(13)7-11(10)17-12-15-5-6-16-12/h3-8,14H,1-2H3,(H,15,16). The summed E-state index contributed by atoms with van der Waals surface area (Å²) >= 11 is 5.15. The van der Waals surface area contributed by atoms with Crippen LogP contribution in [0.2, 0.25) is 0 Å². The van der Waals surface area contributed by atoms with E-state index >= 15 is 0 Å². The smallest absolute Gasteiger partial charge is 0.170 e. The highest BCUT2D eigenvalue weighted by Gasteiger charge is 2.11. The van der Waals surface area contributed by atoms with Crippen LogP contribution in [0.1, 0.15) is 18.5 Å². The maximum Gasteiger partial charge on any atom is 0.170 e. The minimum atomic E-state index is 0.320. The molecule has 0 aliphatic rings. The molecule has 0 saturated heterocycles. The summed E-state index contributed by atoms with van der Waals surface area (Å²) in [7, 11) is 1.97. The second-order valence-corrected chi connectivity index (χ2v) is 5.64. The molecule has 2 aromatic rings. The van der Waals surface area contributed by atoms with E-state index in [1.807, 2.05) is 13.2 Å². The molecule has 1 unspecified atom stereocenters. The van der Waals surface area contributed by atoms with Gasteiger partial charge in [-0.05, 0) is 31.7 Å². The van der Waals surface area contributed by atoms with Gasteiger partial charge in [0, 0.05) is 27.8 Å². The Hall–Kier alpha value is -0.780. The van der Waals surface area contributed by atoms with Gasteiger partial charge in [0.2, 0.25) is 0 Å². The Balaban J connectivity index is 2.33. The van der Waals surface area contributed by atoms with Crippen molar-refractivity contribution in [3.63, 3.8) is 0 Å². The fourth-order valence-electron chi connectivity index (χ4n) is 1.52. The number of imidazole rings is 1. The van der Waals surface area contributed by atoms with Gasteiger partial charge in [0.25, 0.3) is 0 Å². The molecule has 90 valence electrons. The molecule has 2 N–H and O–H groups in total. The molecular formula is C12H14BrN3S. The molecule has 0 fully saturated rings. The van der Waals surface area contributed by atoms with E-state index in [0.717, 1.165) is 9.63 Å². The number of aromatic amines is 1. The molecule has 5 heteroatoms. The quantitative estimate of drug-likeness (QED) is 0.906. The van der Waals surface area contributed by atoms with E-state index in [2.05, 4.69) is 56.3 Å². The second kappa shape index (κ2) is 5.71. The first kappa shape index (κ1) is 12.7. The maximum absolute atomic E-state index is 4.24. The Morgan fingerprint density at radius 1 is 1.47 bits per heavy atom. The lowest BCUT2D eigenvalue weighted by molar-refractivity contribution is 0.641. The van der Waals surface area contributed by atoms with E-state index in [0.29, 0.717) is 6.04 Å². The Morgan fingerprint density at radius 3 is 2.94 bits per heavy atom. The van der Waals surface area contributed by atoms with Crippen molar-refractivity contribution in [1.29, 1.82) is 0 Å². The highest BCUT2D eigenvalue weighted by atomic mass is 79.9. The zero-order valence-corrected chi connectivity index (χ0v) is 12.1. The summed E-state index contributed by atoms with van der Waals surface area (Å²) in [5, 5.41) is 4.17. The lowest BCUT2D eigenvalue weighted by Gasteiger charge is -2.15. The number of halogens is 1. The van der Waals surface area contributed by atoms with Crippen molar-refractivity contribution in [2.75, 3.05) is 7.05 Å². The van der Waals surface area contributed by atoms with Gasteiger partial charge in [0.05, 0.1) is 0 Å². The lowest BCUT2D eigenvalue weighted by atomic mass is 10.1. The summed E-state index contributed by atoms with van der Waals surface area (Å²) in [4.78, 5) is 8.55. The van der Waals surface area contributed by atoms with Crippen molar-refractivity contribution < 1.29 is 0 Å². The third-order valence-corrected chi connectivity index (χ3v) is 4.04. The molecule has 1 heterocycles. The number of hydrogen-bond acceptors (Lipinski definition) is 3. The van der Waals surface area contributed by atoms with Crippen LogP contribution in [0.5, 0.6) is 0 Å². The first-order valence-corrected chi connectivity index (χ1v) is 6.95.